The van der Waals surface area contributed by atoms with Crippen molar-refractivity contribution in [3.8, 4) is 0 Å². The second-order valence-electron chi connectivity index (χ2n) is 4.63. The third kappa shape index (κ3) is 3.62. The number of hydrogen-bond acceptors (Lipinski definition) is 3. The summed E-state index contributed by atoms with van der Waals surface area (Å²) in [4.78, 5) is 16.8. The zero-order valence-corrected chi connectivity index (χ0v) is 17.6. The standard InChI is InChI=1S/C15H9I3N2O2/c16-8-5-9(14(18)10(17)6-8)15(21)22-7-13-19-11-3-1-2-4-12(11)20-13/h1-6H,7H2,(H,19,20)/p+1. The molecule has 0 unspecified atom stereocenters. The number of carbonyl (C=O) groups excluding carboxylic acids is 1. The zero-order valence-electron chi connectivity index (χ0n) is 11.1. The van der Waals surface area contributed by atoms with Crippen LogP contribution in [0.25, 0.3) is 0 Å². The number of para-hydroxylation sites is 2. The fourth-order valence-corrected chi connectivity index (χ4v) is 4.45. The summed E-state index contributed by atoms with van der Waals surface area (Å²) in [5, 5.41) is 1.95. The number of carbonyl (C=O) groups is 1. The number of nitrogens with two attached hydrogens (primary N) is 1. The predicted molar refractivity (Wildman–Crippen MR) is 110 cm³/mol. The van der Waals surface area contributed by atoms with Crippen molar-refractivity contribution in [2.45, 2.75) is 0 Å². The van der Waals surface area contributed by atoms with Gasteiger partial charge in [-0.2, -0.15) is 4.99 Å². The highest BCUT2D eigenvalue weighted by molar-refractivity contribution is 14.1. The summed E-state index contributed by atoms with van der Waals surface area (Å²) in [6.45, 7) is 0.186. The molecule has 112 valence electrons. The molecule has 3 rings (SSSR count). The molecule has 0 amide bonds. The number of fused-ring (bicyclic) bond motifs is 1. The summed E-state index contributed by atoms with van der Waals surface area (Å²) in [5.74, 6) is 0.456. The van der Waals surface area contributed by atoms with Crippen LogP contribution in [-0.4, -0.2) is 18.4 Å². The fourth-order valence-electron chi connectivity index (χ4n) is 2.07. The number of aliphatic imine (C=N–C) groups is 1. The first-order valence-corrected chi connectivity index (χ1v) is 9.61. The number of nitrogens with zero attached hydrogens (tertiary/aromatic N) is 1. The summed E-state index contributed by atoms with van der Waals surface area (Å²) < 4.78 is 8.41. The Labute approximate surface area is 168 Å². The molecule has 1 aliphatic heterocycles. The minimum absolute atomic E-state index is 0.186. The van der Waals surface area contributed by atoms with E-state index in [0.29, 0.717) is 5.56 Å². The van der Waals surface area contributed by atoms with Crippen molar-refractivity contribution in [3.63, 3.8) is 0 Å². The topological polar surface area (TPSA) is 55.3 Å². The Hall–Kier alpha value is -0.270. The van der Waals surface area contributed by atoms with Gasteiger partial charge in [-0.05, 0) is 86.0 Å². The average Bonchev–Trinajstić information content (AvgIpc) is 2.91. The van der Waals surface area contributed by atoms with Crippen LogP contribution >= 0.6 is 67.8 Å². The first kappa shape index (κ1) is 16.6. The molecule has 0 saturated heterocycles. The Kier molecular flexibility index (Phi) is 5.35. The van der Waals surface area contributed by atoms with E-state index in [1.54, 1.807) is 0 Å². The van der Waals surface area contributed by atoms with Gasteiger partial charge in [0, 0.05) is 16.8 Å². The second kappa shape index (κ2) is 7.09. The monoisotopic (exact) mass is 631 g/mol. The van der Waals surface area contributed by atoms with Gasteiger partial charge in [-0.15, -0.1) is 0 Å². The van der Waals surface area contributed by atoms with E-state index < -0.39 is 0 Å². The summed E-state index contributed by atoms with van der Waals surface area (Å²) in [6.07, 6.45) is 0. The van der Waals surface area contributed by atoms with Crippen molar-refractivity contribution >= 4 is 91.0 Å². The minimum atomic E-state index is -0.312. The molecular weight excluding hydrogens is 621 g/mol. The molecule has 0 bridgehead atoms. The van der Waals surface area contributed by atoms with Crippen molar-refractivity contribution in [1.82, 2.24) is 0 Å². The van der Waals surface area contributed by atoms with Gasteiger partial charge >= 0.3 is 5.97 Å². The molecule has 2 aromatic carbocycles. The first-order valence-electron chi connectivity index (χ1n) is 6.37. The molecule has 7 heteroatoms. The predicted octanol–water partition coefficient (Wildman–Crippen LogP) is 3.60. The number of quaternary nitrogens is 1. The SMILES string of the molecule is O=C(OCC1=Nc2ccccc2[NH2+]1)c1cc(I)cc(I)c1I. The molecule has 0 atom stereocenters. The van der Waals surface area contributed by atoms with E-state index in [4.69, 9.17) is 4.74 Å². The molecule has 2 N–H and O–H groups in total. The molecule has 4 nitrogen and oxygen atoms in total. The Morgan fingerprint density at radius 3 is 2.73 bits per heavy atom. The van der Waals surface area contributed by atoms with Crippen LogP contribution in [0.4, 0.5) is 11.4 Å². The zero-order chi connectivity index (χ0) is 15.7. The van der Waals surface area contributed by atoms with Gasteiger partial charge in [-0.25, -0.2) is 4.79 Å². The summed E-state index contributed by atoms with van der Waals surface area (Å²) >= 11 is 6.60. The Bertz CT molecular complexity index is 790. The van der Waals surface area contributed by atoms with Crippen molar-refractivity contribution < 1.29 is 14.8 Å². The van der Waals surface area contributed by atoms with Crippen LogP contribution in [0.15, 0.2) is 41.4 Å². The number of ether oxygens (including phenoxy) is 1. The van der Waals surface area contributed by atoms with Crippen molar-refractivity contribution in [2.75, 3.05) is 6.61 Å². The molecule has 0 saturated carbocycles. The number of benzene rings is 2. The Morgan fingerprint density at radius 2 is 1.95 bits per heavy atom. The lowest BCUT2D eigenvalue weighted by Gasteiger charge is -2.07. The lowest BCUT2D eigenvalue weighted by Crippen LogP contribution is -2.81. The highest BCUT2D eigenvalue weighted by Crippen LogP contribution is 2.24. The number of rotatable bonds is 3. The molecule has 22 heavy (non-hydrogen) atoms. The van der Waals surface area contributed by atoms with Crippen LogP contribution in [0, 0.1) is 10.7 Å². The van der Waals surface area contributed by atoms with E-state index in [0.717, 1.165) is 27.9 Å². The maximum Gasteiger partial charge on any atom is 0.339 e. The molecule has 0 radical (unpaired) electrons. The van der Waals surface area contributed by atoms with Gasteiger partial charge < -0.3 is 4.74 Å². The van der Waals surface area contributed by atoms with E-state index in [2.05, 4.69) is 72.8 Å². The van der Waals surface area contributed by atoms with E-state index in [1.807, 2.05) is 41.7 Å². The number of halogens is 3. The summed E-state index contributed by atoms with van der Waals surface area (Å²) in [6, 6.07) is 11.7. The summed E-state index contributed by atoms with van der Waals surface area (Å²) in [5.41, 5.74) is 2.59. The highest BCUT2D eigenvalue weighted by atomic mass is 127. The van der Waals surface area contributed by atoms with Gasteiger partial charge in [0.15, 0.2) is 12.3 Å². The molecule has 1 heterocycles. The van der Waals surface area contributed by atoms with Crippen molar-refractivity contribution in [2.24, 2.45) is 4.99 Å². The van der Waals surface area contributed by atoms with Gasteiger partial charge in [0.25, 0.3) is 0 Å². The van der Waals surface area contributed by atoms with Gasteiger partial charge in [0.1, 0.15) is 5.69 Å². The van der Waals surface area contributed by atoms with E-state index in [-0.39, 0.29) is 12.6 Å². The van der Waals surface area contributed by atoms with Gasteiger partial charge in [-0.1, -0.05) is 12.1 Å². The molecule has 2 aromatic rings. The Morgan fingerprint density at radius 1 is 1.18 bits per heavy atom. The van der Waals surface area contributed by atoms with Crippen molar-refractivity contribution in [1.29, 1.82) is 0 Å². The van der Waals surface area contributed by atoms with Crippen LogP contribution in [0.2, 0.25) is 0 Å². The van der Waals surface area contributed by atoms with Crippen LogP contribution in [-0.2, 0) is 4.74 Å². The second-order valence-corrected chi connectivity index (χ2v) is 8.12. The molecular formula is C15H10I3N2O2+. The van der Waals surface area contributed by atoms with Crippen LogP contribution in [0.1, 0.15) is 10.4 Å². The first-order chi connectivity index (χ1) is 10.5. The van der Waals surface area contributed by atoms with E-state index in [1.165, 1.54) is 0 Å². The van der Waals surface area contributed by atoms with Crippen LogP contribution in [0.5, 0.6) is 0 Å². The molecule has 1 aliphatic rings. The molecule has 0 aliphatic carbocycles. The average molecular weight is 631 g/mol. The Balaban J connectivity index is 1.70. The minimum Gasteiger partial charge on any atom is -0.450 e. The normalized spacial score (nSPS) is 12.8. The number of amidine groups is 1. The fraction of sp³-hybridized carbons (Fsp3) is 0.0667. The van der Waals surface area contributed by atoms with Gasteiger partial charge in [-0.3, -0.25) is 5.32 Å². The maximum absolute atomic E-state index is 12.3. The van der Waals surface area contributed by atoms with Gasteiger partial charge in [0.2, 0.25) is 5.84 Å². The van der Waals surface area contributed by atoms with E-state index in [9.17, 15) is 4.79 Å². The quantitative estimate of drug-likeness (QED) is 0.244. The van der Waals surface area contributed by atoms with Crippen LogP contribution < -0.4 is 5.32 Å². The number of esters is 1. The van der Waals surface area contributed by atoms with Crippen molar-refractivity contribution in [3.05, 3.63) is 52.7 Å². The molecule has 0 aromatic heterocycles. The number of hydrogen-bond donors (Lipinski definition) is 1. The van der Waals surface area contributed by atoms with Crippen LogP contribution in [0.3, 0.4) is 0 Å². The highest BCUT2D eigenvalue weighted by Gasteiger charge is 2.21. The molecule has 0 spiro atoms. The lowest BCUT2D eigenvalue weighted by molar-refractivity contribution is -0.442. The molecule has 0 fully saturated rings. The maximum atomic E-state index is 12.3. The summed E-state index contributed by atoms with van der Waals surface area (Å²) in [7, 11) is 0. The van der Waals surface area contributed by atoms with Gasteiger partial charge in [0.05, 0.1) is 5.56 Å². The smallest absolute Gasteiger partial charge is 0.339 e. The third-order valence-electron chi connectivity index (χ3n) is 3.09. The van der Waals surface area contributed by atoms with E-state index >= 15 is 0 Å². The third-order valence-corrected chi connectivity index (χ3v) is 6.75. The lowest BCUT2D eigenvalue weighted by atomic mass is 10.2. The largest absolute Gasteiger partial charge is 0.450 e.